The number of fused-ring (bicyclic) bond motifs is 3. The number of anilines is 1. The molecular weight excluding hydrogens is 526 g/mol. The lowest BCUT2D eigenvalue weighted by molar-refractivity contribution is -0.117. The molecule has 6 rings (SSSR count). The minimum atomic E-state index is -0.266. The van der Waals surface area contributed by atoms with Crippen LogP contribution in [0.2, 0.25) is 0 Å². The van der Waals surface area contributed by atoms with Crippen LogP contribution in [0.1, 0.15) is 41.0 Å². The topological polar surface area (TPSA) is 29.1 Å². The van der Waals surface area contributed by atoms with Gasteiger partial charge < -0.3 is 5.32 Å². The molecule has 32 heavy (non-hydrogen) atoms. The lowest BCUT2D eigenvalue weighted by atomic mass is 9.80. The van der Waals surface area contributed by atoms with Crippen molar-refractivity contribution in [3.63, 3.8) is 0 Å². The summed E-state index contributed by atoms with van der Waals surface area (Å²) in [7, 11) is 0. The van der Waals surface area contributed by atoms with E-state index in [4.69, 9.17) is 0 Å². The second-order valence-corrected chi connectivity index (χ2v) is 10.3. The summed E-state index contributed by atoms with van der Waals surface area (Å²) >= 11 is 7.23. The quantitative estimate of drug-likeness (QED) is 0.272. The molecule has 0 spiro atoms. The normalized spacial score (nSPS) is 19.3. The van der Waals surface area contributed by atoms with Crippen LogP contribution in [-0.4, -0.2) is 5.91 Å². The van der Waals surface area contributed by atoms with Crippen molar-refractivity contribution in [1.29, 1.82) is 0 Å². The lowest BCUT2D eigenvalue weighted by Crippen LogP contribution is -2.19. The van der Waals surface area contributed by atoms with Crippen LogP contribution in [0.25, 0.3) is 16.3 Å². The SMILES string of the molecule is CC1=C(c2ccc3ccccc3c2)c2ccccc2C1C1C(=O)Nc2c(Br)cc(Br)cc21. The molecule has 156 valence electrons. The van der Waals surface area contributed by atoms with E-state index in [1.165, 1.54) is 38.6 Å². The number of carbonyl (C=O) groups is 1. The van der Waals surface area contributed by atoms with E-state index in [0.717, 1.165) is 20.2 Å². The zero-order valence-electron chi connectivity index (χ0n) is 17.3. The molecule has 4 aromatic rings. The summed E-state index contributed by atoms with van der Waals surface area (Å²) in [6.07, 6.45) is 0. The first-order chi connectivity index (χ1) is 15.5. The first-order valence-electron chi connectivity index (χ1n) is 10.6. The van der Waals surface area contributed by atoms with Gasteiger partial charge in [0.2, 0.25) is 5.91 Å². The zero-order valence-corrected chi connectivity index (χ0v) is 20.5. The summed E-state index contributed by atoms with van der Waals surface area (Å²) in [5.41, 5.74) is 8.04. The monoisotopic (exact) mass is 543 g/mol. The number of nitrogens with one attached hydrogen (secondary N) is 1. The van der Waals surface area contributed by atoms with E-state index >= 15 is 0 Å². The number of amides is 1. The molecule has 0 radical (unpaired) electrons. The maximum absolute atomic E-state index is 13.3. The molecule has 0 aromatic heterocycles. The van der Waals surface area contributed by atoms with Crippen molar-refractivity contribution in [3.05, 3.63) is 116 Å². The van der Waals surface area contributed by atoms with Crippen LogP contribution in [0.3, 0.4) is 0 Å². The minimum Gasteiger partial charge on any atom is -0.324 e. The van der Waals surface area contributed by atoms with E-state index in [0.29, 0.717) is 0 Å². The van der Waals surface area contributed by atoms with Gasteiger partial charge in [0.1, 0.15) is 0 Å². The fourth-order valence-corrected chi connectivity index (χ4v) is 6.76. The number of carbonyl (C=O) groups excluding carboxylic acids is 1. The van der Waals surface area contributed by atoms with Gasteiger partial charge in [-0.25, -0.2) is 0 Å². The third-order valence-electron chi connectivity index (χ3n) is 6.75. The molecule has 0 saturated heterocycles. The number of allylic oxidation sites excluding steroid dienone is 1. The van der Waals surface area contributed by atoms with Crippen LogP contribution in [0.15, 0.2) is 93.4 Å². The Balaban J connectivity index is 1.57. The largest absolute Gasteiger partial charge is 0.324 e. The molecule has 4 aromatic carbocycles. The first-order valence-corrected chi connectivity index (χ1v) is 12.2. The molecule has 2 unspecified atom stereocenters. The van der Waals surface area contributed by atoms with Crippen LogP contribution in [0, 0.1) is 0 Å². The van der Waals surface area contributed by atoms with Crippen molar-refractivity contribution in [1.82, 2.24) is 0 Å². The zero-order chi connectivity index (χ0) is 22.0. The Morgan fingerprint density at radius 1 is 0.781 bits per heavy atom. The van der Waals surface area contributed by atoms with Gasteiger partial charge in [-0.2, -0.15) is 0 Å². The molecule has 0 bridgehead atoms. The van der Waals surface area contributed by atoms with E-state index in [-0.39, 0.29) is 17.7 Å². The number of hydrogen-bond donors (Lipinski definition) is 1. The maximum atomic E-state index is 13.3. The standard InChI is InChI=1S/C28H19Br2NO/c1-15-24(18-11-10-16-6-2-3-7-17(16)12-18)20-8-4-5-9-21(20)25(15)26-22-13-19(29)14-23(30)27(22)31-28(26)32/h2-14,25-26H,1H3,(H,31,32). The van der Waals surface area contributed by atoms with Crippen LogP contribution in [0.5, 0.6) is 0 Å². The van der Waals surface area contributed by atoms with Crippen LogP contribution in [-0.2, 0) is 4.79 Å². The number of benzene rings is 4. The van der Waals surface area contributed by atoms with Crippen molar-refractivity contribution in [2.45, 2.75) is 18.8 Å². The van der Waals surface area contributed by atoms with Gasteiger partial charge >= 0.3 is 0 Å². The Labute approximate surface area is 203 Å². The highest BCUT2D eigenvalue weighted by Crippen LogP contribution is 2.55. The molecule has 1 aliphatic heterocycles. The molecule has 1 N–H and O–H groups in total. The molecule has 1 amide bonds. The Kier molecular flexibility index (Phi) is 4.63. The predicted octanol–water partition coefficient (Wildman–Crippen LogP) is 8.02. The Morgan fingerprint density at radius 3 is 2.38 bits per heavy atom. The van der Waals surface area contributed by atoms with Gasteiger partial charge in [0.25, 0.3) is 0 Å². The Morgan fingerprint density at radius 2 is 1.53 bits per heavy atom. The molecule has 4 heteroatoms. The van der Waals surface area contributed by atoms with E-state index in [1.54, 1.807) is 0 Å². The van der Waals surface area contributed by atoms with Crippen molar-refractivity contribution in [3.8, 4) is 0 Å². The molecule has 1 aliphatic carbocycles. The Hall–Kier alpha value is -2.69. The van der Waals surface area contributed by atoms with E-state index in [1.807, 2.05) is 6.07 Å². The van der Waals surface area contributed by atoms with Crippen molar-refractivity contribution in [2.75, 3.05) is 5.32 Å². The molecule has 1 heterocycles. The number of halogens is 2. The molecule has 2 aliphatic rings. The van der Waals surface area contributed by atoms with Crippen LogP contribution < -0.4 is 5.32 Å². The highest BCUT2D eigenvalue weighted by molar-refractivity contribution is 9.11. The van der Waals surface area contributed by atoms with Crippen molar-refractivity contribution >= 4 is 59.8 Å². The first kappa shape index (κ1) is 20.0. The third kappa shape index (κ3) is 2.93. The van der Waals surface area contributed by atoms with Gasteiger partial charge in [0, 0.05) is 14.9 Å². The highest BCUT2D eigenvalue weighted by atomic mass is 79.9. The van der Waals surface area contributed by atoms with Crippen molar-refractivity contribution < 1.29 is 4.79 Å². The van der Waals surface area contributed by atoms with E-state index in [9.17, 15) is 4.79 Å². The van der Waals surface area contributed by atoms with Gasteiger partial charge in [-0.15, -0.1) is 0 Å². The number of rotatable bonds is 2. The van der Waals surface area contributed by atoms with Gasteiger partial charge in [-0.1, -0.05) is 82.2 Å². The highest BCUT2D eigenvalue weighted by Gasteiger charge is 2.43. The smallest absolute Gasteiger partial charge is 0.232 e. The predicted molar refractivity (Wildman–Crippen MR) is 138 cm³/mol. The average molecular weight is 545 g/mol. The summed E-state index contributed by atoms with van der Waals surface area (Å²) in [5.74, 6) is -0.217. The molecule has 0 fully saturated rings. The summed E-state index contributed by atoms with van der Waals surface area (Å²) in [4.78, 5) is 13.3. The Bertz CT molecular complexity index is 1470. The molecular formula is C28H19Br2NO. The van der Waals surface area contributed by atoms with Gasteiger partial charge in [0.05, 0.1) is 11.6 Å². The maximum Gasteiger partial charge on any atom is 0.232 e. The fraction of sp³-hybridized carbons (Fsp3) is 0.107. The summed E-state index contributed by atoms with van der Waals surface area (Å²) in [6.45, 7) is 2.19. The van der Waals surface area contributed by atoms with Crippen LogP contribution >= 0.6 is 31.9 Å². The van der Waals surface area contributed by atoms with Crippen molar-refractivity contribution in [2.24, 2.45) is 0 Å². The van der Waals surface area contributed by atoms with E-state index in [2.05, 4.69) is 117 Å². The van der Waals surface area contributed by atoms with E-state index < -0.39 is 0 Å². The summed E-state index contributed by atoms with van der Waals surface area (Å²) in [6, 6.07) is 27.7. The molecule has 2 nitrogen and oxygen atoms in total. The molecule has 0 saturated carbocycles. The summed E-state index contributed by atoms with van der Waals surface area (Å²) < 4.78 is 1.87. The lowest BCUT2D eigenvalue weighted by Gasteiger charge is -2.21. The average Bonchev–Trinajstić information content (AvgIpc) is 3.26. The third-order valence-corrected chi connectivity index (χ3v) is 7.83. The van der Waals surface area contributed by atoms with Gasteiger partial charge in [0.15, 0.2) is 0 Å². The second-order valence-electron chi connectivity index (χ2n) is 8.50. The minimum absolute atomic E-state index is 0.00452. The van der Waals surface area contributed by atoms with Gasteiger partial charge in [-0.05, 0) is 79.7 Å². The fourth-order valence-electron chi connectivity index (χ4n) is 5.40. The molecule has 2 atom stereocenters. The summed E-state index contributed by atoms with van der Waals surface area (Å²) in [5, 5.41) is 5.58. The number of hydrogen-bond acceptors (Lipinski definition) is 1. The van der Waals surface area contributed by atoms with Crippen LogP contribution in [0.4, 0.5) is 5.69 Å². The second kappa shape index (κ2) is 7.43. The van der Waals surface area contributed by atoms with Gasteiger partial charge in [-0.3, -0.25) is 4.79 Å².